The van der Waals surface area contributed by atoms with Crippen molar-refractivity contribution in [3.05, 3.63) is 77.4 Å². The van der Waals surface area contributed by atoms with E-state index in [-0.39, 0.29) is 0 Å². The molecule has 3 rings (SSSR count). The smallest absolute Gasteiger partial charge is 0.0485 e. The molecule has 0 aliphatic rings. The molecule has 1 nitrogen and oxygen atoms in total. The first-order chi connectivity index (χ1) is 10.1. The highest BCUT2D eigenvalue weighted by molar-refractivity contribution is 5.85. The average molecular weight is 275 g/mol. The summed E-state index contributed by atoms with van der Waals surface area (Å²) in [7, 11) is 0. The zero-order valence-corrected chi connectivity index (χ0v) is 12.9. The molecule has 1 heteroatoms. The first kappa shape index (κ1) is 13.7. The van der Waals surface area contributed by atoms with Crippen molar-refractivity contribution >= 4 is 16.5 Å². The molecule has 0 amide bonds. The largest absolute Gasteiger partial charge is 0.379 e. The van der Waals surface area contributed by atoms with Crippen LogP contribution in [0.25, 0.3) is 10.8 Å². The van der Waals surface area contributed by atoms with Crippen LogP contribution in [0.4, 0.5) is 5.69 Å². The van der Waals surface area contributed by atoms with Crippen molar-refractivity contribution in [1.29, 1.82) is 0 Å². The topological polar surface area (TPSA) is 12.0 Å². The van der Waals surface area contributed by atoms with Gasteiger partial charge in [-0.15, -0.1) is 0 Å². The predicted octanol–water partition coefficient (Wildman–Crippen LogP) is 5.63. The first-order valence-corrected chi connectivity index (χ1v) is 7.46. The molecule has 106 valence electrons. The van der Waals surface area contributed by atoms with E-state index < -0.39 is 0 Å². The molecule has 1 N–H and O–H groups in total. The Morgan fingerprint density at radius 1 is 0.762 bits per heavy atom. The molecule has 0 fully saturated rings. The monoisotopic (exact) mass is 275 g/mol. The number of aryl methyl sites for hydroxylation is 2. The summed E-state index contributed by atoms with van der Waals surface area (Å²) in [6.45, 7) is 6.53. The molecule has 0 aliphatic heterocycles. The lowest BCUT2D eigenvalue weighted by Gasteiger charge is -2.17. The number of hydrogen-bond acceptors (Lipinski definition) is 1. The molecule has 0 aromatic heterocycles. The average Bonchev–Trinajstić information content (AvgIpc) is 2.50. The maximum Gasteiger partial charge on any atom is 0.0485 e. The van der Waals surface area contributed by atoms with Gasteiger partial charge in [0.1, 0.15) is 0 Å². The number of rotatable bonds is 3. The van der Waals surface area contributed by atoms with Crippen LogP contribution in [0.1, 0.15) is 29.7 Å². The van der Waals surface area contributed by atoms with E-state index in [2.05, 4.69) is 86.8 Å². The fourth-order valence-electron chi connectivity index (χ4n) is 2.65. The molecule has 3 aromatic carbocycles. The first-order valence-electron chi connectivity index (χ1n) is 7.46. The Hall–Kier alpha value is -2.28. The highest BCUT2D eigenvalue weighted by atomic mass is 14.9. The van der Waals surface area contributed by atoms with E-state index >= 15 is 0 Å². The van der Waals surface area contributed by atoms with Gasteiger partial charge >= 0.3 is 0 Å². The molecule has 0 saturated heterocycles. The van der Waals surface area contributed by atoms with Crippen LogP contribution < -0.4 is 5.32 Å². The maximum atomic E-state index is 3.60. The lowest BCUT2D eigenvalue weighted by atomic mass is 10.0. The summed E-state index contributed by atoms with van der Waals surface area (Å²) in [6.07, 6.45) is 0. The van der Waals surface area contributed by atoms with E-state index in [1.54, 1.807) is 0 Å². The van der Waals surface area contributed by atoms with Crippen molar-refractivity contribution < 1.29 is 0 Å². The Bertz CT molecular complexity index is 774. The minimum atomic E-state index is 0.297. The fourth-order valence-corrected chi connectivity index (χ4v) is 2.65. The molecular formula is C20H21N. The van der Waals surface area contributed by atoms with Crippen LogP contribution in [-0.2, 0) is 0 Å². The fraction of sp³-hybridized carbons (Fsp3) is 0.200. The maximum absolute atomic E-state index is 3.60. The summed E-state index contributed by atoms with van der Waals surface area (Å²) >= 11 is 0. The van der Waals surface area contributed by atoms with E-state index in [1.807, 2.05) is 0 Å². The van der Waals surface area contributed by atoms with Crippen molar-refractivity contribution in [3.63, 3.8) is 0 Å². The highest BCUT2D eigenvalue weighted by Gasteiger charge is 2.06. The Morgan fingerprint density at radius 3 is 2.29 bits per heavy atom. The quantitative estimate of drug-likeness (QED) is 0.653. The van der Waals surface area contributed by atoms with Gasteiger partial charge in [0.2, 0.25) is 0 Å². The minimum absolute atomic E-state index is 0.297. The Kier molecular flexibility index (Phi) is 3.66. The van der Waals surface area contributed by atoms with E-state index in [4.69, 9.17) is 0 Å². The van der Waals surface area contributed by atoms with Gasteiger partial charge in [-0.3, -0.25) is 0 Å². The number of benzene rings is 3. The van der Waals surface area contributed by atoms with Crippen molar-refractivity contribution in [3.8, 4) is 0 Å². The molecule has 3 aromatic rings. The third-order valence-corrected chi connectivity index (χ3v) is 4.16. The third kappa shape index (κ3) is 2.92. The predicted molar refractivity (Wildman–Crippen MR) is 91.9 cm³/mol. The second kappa shape index (κ2) is 5.61. The Balaban J connectivity index is 1.85. The van der Waals surface area contributed by atoms with Gasteiger partial charge in [0.05, 0.1) is 0 Å². The van der Waals surface area contributed by atoms with Crippen LogP contribution in [-0.4, -0.2) is 0 Å². The van der Waals surface area contributed by atoms with Crippen molar-refractivity contribution in [1.82, 2.24) is 0 Å². The zero-order chi connectivity index (χ0) is 14.8. The van der Waals surface area contributed by atoms with Crippen LogP contribution in [0.5, 0.6) is 0 Å². The van der Waals surface area contributed by atoms with Crippen molar-refractivity contribution in [2.45, 2.75) is 26.8 Å². The van der Waals surface area contributed by atoms with Gasteiger partial charge in [-0.25, -0.2) is 0 Å². The van der Waals surface area contributed by atoms with Gasteiger partial charge in [0.25, 0.3) is 0 Å². The Morgan fingerprint density at radius 2 is 1.52 bits per heavy atom. The molecule has 0 bridgehead atoms. The molecule has 0 radical (unpaired) electrons. The summed E-state index contributed by atoms with van der Waals surface area (Å²) in [5.74, 6) is 0. The van der Waals surface area contributed by atoms with E-state index in [0.29, 0.717) is 6.04 Å². The minimum Gasteiger partial charge on any atom is -0.379 e. The second-order valence-corrected chi connectivity index (χ2v) is 5.77. The van der Waals surface area contributed by atoms with Gasteiger partial charge < -0.3 is 5.32 Å². The van der Waals surface area contributed by atoms with Gasteiger partial charge in [0, 0.05) is 11.7 Å². The van der Waals surface area contributed by atoms with Gasteiger partial charge in [0.15, 0.2) is 0 Å². The highest BCUT2D eigenvalue weighted by Crippen LogP contribution is 2.24. The van der Waals surface area contributed by atoms with Gasteiger partial charge in [-0.05, 0) is 60.4 Å². The number of nitrogens with one attached hydrogen (secondary N) is 1. The van der Waals surface area contributed by atoms with E-state index in [9.17, 15) is 0 Å². The molecular weight excluding hydrogens is 254 g/mol. The van der Waals surface area contributed by atoms with Crippen LogP contribution in [0.15, 0.2) is 60.7 Å². The number of anilines is 1. The van der Waals surface area contributed by atoms with Crippen molar-refractivity contribution in [2.75, 3.05) is 5.32 Å². The third-order valence-electron chi connectivity index (χ3n) is 4.16. The normalized spacial score (nSPS) is 12.3. The lowest BCUT2D eigenvalue weighted by molar-refractivity contribution is 0.882. The van der Waals surface area contributed by atoms with Gasteiger partial charge in [-0.2, -0.15) is 0 Å². The van der Waals surface area contributed by atoms with E-state index in [0.717, 1.165) is 0 Å². The molecule has 0 aliphatic carbocycles. The molecule has 0 heterocycles. The van der Waals surface area contributed by atoms with Crippen LogP contribution in [0.2, 0.25) is 0 Å². The summed E-state index contributed by atoms with van der Waals surface area (Å²) in [6, 6.07) is 22.0. The number of fused-ring (bicyclic) bond motifs is 1. The van der Waals surface area contributed by atoms with Crippen LogP contribution in [0.3, 0.4) is 0 Å². The van der Waals surface area contributed by atoms with Crippen LogP contribution in [0, 0.1) is 13.8 Å². The summed E-state index contributed by atoms with van der Waals surface area (Å²) in [4.78, 5) is 0. The number of hydrogen-bond donors (Lipinski definition) is 1. The summed E-state index contributed by atoms with van der Waals surface area (Å²) in [5.41, 5.74) is 5.18. The standard InChI is InChI=1S/C20H21N/c1-14-8-9-18(12-15(14)2)16(3)21-20-11-10-17-6-4-5-7-19(17)13-20/h4-13,16,21H,1-3H3. The molecule has 0 saturated carbocycles. The molecule has 21 heavy (non-hydrogen) atoms. The summed E-state index contributed by atoms with van der Waals surface area (Å²) < 4.78 is 0. The zero-order valence-electron chi connectivity index (χ0n) is 12.9. The summed E-state index contributed by atoms with van der Waals surface area (Å²) in [5, 5.41) is 6.15. The van der Waals surface area contributed by atoms with E-state index in [1.165, 1.54) is 33.2 Å². The van der Waals surface area contributed by atoms with Gasteiger partial charge in [-0.1, -0.05) is 48.5 Å². The Labute approximate surface area is 126 Å². The lowest BCUT2D eigenvalue weighted by Crippen LogP contribution is -2.07. The van der Waals surface area contributed by atoms with Crippen LogP contribution >= 0.6 is 0 Å². The van der Waals surface area contributed by atoms with Crippen molar-refractivity contribution in [2.24, 2.45) is 0 Å². The molecule has 1 atom stereocenters. The second-order valence-electron chi connectivity index (χ2n) is 5.77. The SMILES string of the molecule is Cc1ccc(C(C)Nc2ccc3ccccc3c2)cc1C. The molecule has 0 spiro atoms. The molecule has 1 unspecified atom stereocenters.